The van der Waals surface area contributed by atoms with E-state index in [0.717, 1.165) is 18.6 Å². The van der Waals surface area contributed by atoms with E-state index in [2.05, 4.69) is 30.1 Å². The van der Waals surface area contributed by atoms with Gasteiger partial charge in [0.25, 0.3) is 0 Å². The van der Waals surface area contributed by atoms with Crippen molar-refractivity contribution in [3.63, 3.8) is 0 Å². The topological polar surface area (TPSA) is 15.3 Å². The van der Waals surface area contributed by atoms with E-state index >= 15 is 0 Å². The van der Waals surface area contributed by atoms with Crippen molar-refractivity contribution >= 4 is 0 Å². The van der Waals surface area contributed by atoms with Gasteiger partial charge in [-0.3, -0.25) is 4.90 Å². The number of allylic oxidation sites excluding steroid dienone is 1. The molecule has 2 rings (SSSR count). The zero-order valence-corrected chi connectivity index (χ0v) is 9.42. The summed E-state index contributed by atoms with van der Waals surface area (Å²) in [6.07, 6.45) is 6.48. The maximum atomic E-state index is 3.71. The molecule has 0 aromatic heterocycles. The zero-order chi connectivity index (χ0) is 9.97. The molecule has 2 heteroatoms. The van der Waals surface area contributed by atoms with Crippen molar-refractivity contribution in [1.82, 2.24) is 10.2 Å². The van der Waals surface area contributed by atoms with Crippen LogP contribution in [0.2, 0.25) is 0 Å². The SMILES string of the molecule is CC(C)=CCN1CCC2CCC(C1)N2. The fourth-order valence-electron chi connectivity index (χ4n) is 2.49. The Morgan fingerprint density at radius 1 is 1.29 bits per heavy atom. The van der Waals surface area contributed by atoms with Gasteiger partial charge in [0, 0.05) is 31.7 Å². The summed E-state index contributed by atoms with van der Waals surface area (Å²) in [6.45, 7) is 8.04. The Labute approximate surface area is 87.4 Å². The van der Waals surface area contributed by atoms with Gasteiger partial charge >= 0.3 is 0 Å². The maximum Gasteiger partial charge on any atom is 0.0198 e. The Morgan fingerprint density at radius 3 is 2.86 bits per heavy atom. The summed E-state index contributed by atoms with van der Waals surface area (Å²) in [5.74, 6) is 0. The Balaban J connectivity index is 1.86. The lowest BCUT2D eigenvalue weighted by Gasteiger charge is -2.22. The normalized spacial score (nSPS) is 32.7. The molecule has 14 heavy (non-hydrogen) atoms. The summed E-state index contributed by atoms with van der Waals surface area (Å²) in [5.41, 5.74) is 1.44. The fraction of sp³-hybridized carbons (Fsp3) is 0.833. The van der Waals surface area contributed by atoms with Crippen molar-refractivity contribution in [3.8, 4) is 0 Å². The zero-order valence-electron chi connectivity index (χ0n) is 9.42. The number of nitrogens with one attached hydrogen (secondary N) is 1. The van der Waals surface area contributed by atoms with Crippen LogP contribution in [0.15, 0.2) is 11.6 Å². The van der Waals surface area contributed by atoms with Gasteiger partial charge in [-0.05, 0) is 33.1 Å². The molecule has 0 aromatic rings. The minimum absolute atomic E-state index is 0.771. The van der Waals surface area contributed by atoms with Crippen LogP contribution in [0.3, 0.4) is 0 Å². The van der Waals surface area contributed by atoms with E-state index in [9.17, 15) is 0 Å². The van der Waals surface area contributed by atoms with Gasteiger partial charge in [0.1, 0.15) is 0 Å². The molecule has 2 aliphatic rings. The summed E-state index contributed by atoms with van der Waals surface area (Å²) in [4.78, 5) is 2.59. The molecule has 2 unspecified atom stereocenters. The van der Waals surface area contributed by atoms with Gasteiger partial charge in [-0.1, -0.05) is 11.6 Å². The molecule has 80 valence electrons. The standard InChI is InChI=1S/C12H22N2/c1-10(2)5-7-14-8-6-11-3-4-12(9-14)13-11/h5,11-13H,3-4,6-9H2,1-2H3. The van der Waals surface area contributed by atoms with E-state index in [1.165, 1.54) is 37.9 Å². The quantitative estimate of drug-likeness (QED) is 0.674. The van der Waals surface area contributed by atoms with E-state index in [1.807, 2.05) is 0 Å². The van der Waals surface area contributed by atoms with Gasteiger partial charge in [-0.25, -0.2) is 0 Å². The van der Waals surface area contributed by atoms with Crippen LogP contribution in [-0.2, 0) is 0 Å². The molecular weight excluding hydrogens is 172 g/mol. The summed E-state index contributed by atoms with van der Waals surface area (Å²) in [6, 6.07) is 1.59. The first-order valence-corrected chi connectivity index (χ1v) is 5.86. The van der Waals surface area contributed by atoms with Gasteiger partial charge in [-0.2, -0.15) is 0 Å². The number of fused-ring (bicyclic) bond motifs is 2. The van der Waals surface area contributed by atoms with Crippen LogP contribution in [-0.4, -0.2) is 36.6 Å². The van der Waals surface area contributed by atoms with Crippen LogP contribution in [0.5, 0.6) is 0 Å². The van der Waals surface area contributed by atoms with Gasteiger partial charge in [0.05, 0.1) is 0 Å². The maximum absolute atomic E-state index is 3.71. The van der Waals surface area contributed by atoms with Crippen LogP contribution >= 0.6 is 0 Å². The first kappa shape index (κ1) is 10.2. The van der Waals surface area contributed by atoms with Crippen LogP contribution in [0, 0.1) is 0 Å². The van der Waals surface area contributed by atoms with Crippen LogP contribution < -0.4 is 5.32 Å². The van der Waals surface area contributed by atoms with Gasteiger partial charge in [-0.15, -0.1) is 0 Å². The minimum atomic E-state index is 0.771. The Bertz CT molecular complexity index is 218. The average Bonchev–Trinajstić information content (AvgIpc) is 2.44. The van der Waals surface area contributed by atoms with Crippen LogP contribution in [0.25, 0.3) is 0 Å². The Morgan fingerprint density at radius 2 is 2.07 bits per heavy atom. The fourth-order valence-corrected chi connectivity index (χ4v) is 2.49. The van der Waals surface area contributed by atoms with Crippen molar-refractivity contribution in [3.05, 3.63) is 11.6 Å². The molecule has 2 bridgehead atoms. The Hall–Kier alpha value is -0.340. The lowest BCUT2D eigenvalue weighted by molar-refractivity contribution is 0.284. The van der Waals surface area contributed by atoms with Gasteiger partial charge in [0.15, 0.2) is 0 Å². The molecule has 0 aromatic carbocycles. The third-order valence-corrected chi connectivity index (χ3v) is 3.37. The van der Waals surface area contributed by atoms with Crippen molar-refractivity contribution in [2.75, 3.05) is 19.6 Å². The lowest BCUT2D eigenvalue weighted by Crippen LogP contribution is -2.35. The van der Waals surface area contributed by atoms with Crippen molar-refractivity contribution < 1.29 is 0 Å². The van der Waals surface area contributed by atoms with E-state index in [4.69, 9.17) is 0 Å². The monoisotopic (exact) mass is 194 g/mol. The predicted molar refractivity (Wildman–Crippen MR) is 60.4 cm³/mol. The molecule has 2 aliphatic heterocycles. The predicted octanol–water partition coefficient (Wildman–Crippen LogP) is 1.78. The third-order valence-electron chi connectivity index (χ3n) is 3.37. The average molecular weight is 194 g/mol. The van der Waals surface area contributed by atoms with Crippen LogP contribution in [0.4, 0.5) is 0 Å². The highest BCUT2D eigenvalue weighted by Crippen LogP contribution is 2.20. The smallest absolute Gasteiger partial charge is 0.0198 e. The molecule has 0 saturated carbocycles. The molecule has 0 aliphatic carbocycles. The van der Waals surface area contributed by atoms with Crippen molar-refractivity contribution in [1.29, 1.82) is 0 Å². The second kappa shape index (κ2) is 4.45. The number of rotatable bonds is 2. The highest BCUT2D eigenvalue weighted by Gasteiger charge is 2.28. The molecule has 2 nitrogen and oxygen atoms in total. The van der Waals surface area contributed by atoms with E-state index in [1.54, 1.807) is 0 Å². The van der Waals surface area contributed by atoms with Crippen molar-refractivity contribution in [2.24, 2.45) is 0 Å². The molecule has 0 spiro atoms. The molecular formula is C12H22N2. The minimum Gasteiger partial charge on any atom is -0.310 e. The number of hydrogen-bond acceptors (Lipinski definition) is 2. The molecule has 1 N–H and O–H groups in total. The highest BCUT2D eigenvalue weighted by atomic mass is 15.2. The van der Waals surface area contributed by atoms with E-state index in [-0.39, 0.29) is 0 Å². The summed E-state index contributed by atoms with van der Waals surface area (Å²) < 4.78 is 0. The second-order valence-electron chi connectivity index (χ2n) is 4.97. The first-order valence-electron chi connectivity index (χ1n) is 5.86. The summed E-state index contributed by atoms with van der Waals surface area (Å²) in [5, 5.41) is 3.71. The van der Waals surface area contributed by atoms with Gasteiger partial charge in [0.2, 0.25) is 0 Å². The summed E-state index contributed by atoms with van der Waals surface area (Å²) >= 11 is 0. The second-order valence-corrected chi connectivity index (χ2v) is 4.97. The molecule has 0 radical (unpaired) electrons. The highest BCUT2D eigenvalue weighted by molar-refractivity contribution is 4.97. The largest absolute Gasteiger partial charge is 0.310 e. The number of likely N-dealkylation sites (tertiary alicyclic amines) is 1. The molecule has 2 heterocycles. The van der Waals surface area contributed by atoms with Crippen LogP contribution in [0.1, 0.15) is 33.1 Å². The van der Waals surface area contributed by atoms with Crippen molar-refractivity contribution in [2.45, 2.75) is 45.2 Å². The van der Waals surface area contributed by atoms with E-state index < -0.39 is 0 Å². The molecule has 2 saturated heterocycles. The summed E-state index contributed by atoms with van der Waals surface area (Å²) in [7, 11) is 0. The molecule has 0 amide bonds. The molecule has 2 atom stereocenters. The molecule has 2 fully saturated rings. The third kappa shape index (κ3) is 2.58. The first-order chi connectivity index (χ1) is 6.74. The van der Waals surface area contributed by atoms with Gasteiger partial charge < -0.3 is 5.32 Å². The Kier molecular flexibility index (Phi) is 3.24. The lowest BCUT2D eigenvalue weighted by atomic mass is 10.1. The van der Waals surface area contributed by atoms with E-state index in [0.29, 0.717) is 0 Å². The number of nitrogens with zero attached hydrogens (tertiary/aromatic N) is 1. The number of hydrogen-bond donors (Lipinski definition) is 1.